The Bertz CT molecular complexity index is 410. The molecular formula is C14H20ClN3. The Labute approximate surface area is 114 Å². The molecule has 2 unspecified atom stereocenters. The number of aromatic nitrogens is 1. The Hall–Kier alpha value is -0.640. The summed E-state index contributed by atoms with van der Waals surface area (Å²) in [6.07, 6.45) is 8.91. The van der Waals surface area contributed by atoms with Gasteiger partial charge in [-0.3, -0.25) is 9.88 Å². The molecule has 0 aliphatic carbocycles. The zero-order valence-corrected chi connectivity index (χ0v) is 11.4. The van der Waals surface area contributed by atoms with Crippen molar-refractivity contribution in [3.8, 4) is 0 Å². The molecule has 18 heavy (non-hydrogen) atoms. The van der Waals surface area contributed by atoms with Crippen LogP contribution >= 0.6 is 11.6 Å². The molecule has 2 aliphatic rings. The van der Waals surface area contributed by atoms with Gasteiger partial charge in [0.15, 0.2) is 0 Å². The fourth-order valence-corrected chi connectivity index (χ4v) is 3.46. The molecule has 1 aromatic heterocycles. The van der Waals surface area contributed by atoms with Crippen molar-refractivity contribution < 1.29 is 0 Å². The molecule has 2 atom stereocenters. The molecule has 4 heteroatoms. The van der Waals surface area contributed by atoms with Crippen LogP contribution in [0.3, 0.4) is 0 Å². The number of piperidine rings is 1. The summed E-state index contributed by atoms with van der Waals surface area (Å²) in [5.74, 6) is 0. The van der Waals surface area contributed by atoms with E-state index in [4.69, 9.17) is 11.6 Å². The van der Waals surface area contributed by atoms with E-state index in [2.05, 4.69) is 15.2 Å². The van der Waals surface area contributed by atoms with Crippen LogP contribution in [0.15, 0.2) is 18.5 Å². The van der Waals surface area contributed by atoms with Crippen molar-refractivity contribution in [2.24, 2.45) is 0 Å². The van der Waals surface area contributed by atoms with E-state index in [9.17, 15) is 0 Å². The topological polar surface area (TPSA) is 28.2 Å². The highest BCUT2D eigenvalue weighted by atomic mass is 35.5. The highest BCUT2D eigenvalue weighted by molar-refractivity contribution is 6.31. The first-order chi connectivity index (χ1) is 8.84. The third kappa shape index (κ3) is 2.53. The highest BCUT2D eigenvalue weighted by Gasteiger charge is 2.34. The molecule has 0 spiro atoms. The number of nitrogens with one attached hydrogen (secondary N) is 1. The predicted molar refractivity (Wildman–Crippen MR) is 73.7 cm³/mol. The Morgan fingerprint density at radius 3 is 3.17 bits per heavy atom. The second-order valence-electron chi connectivity index (χ2n) is 5.34. The largest absolute Gasteiger partial charge is 0.308 e. The lowest BCUT2D eigenvalue weighted by atomic mass is 9.99. The van der Waals surface area contributed by atoms with Gasteiger partial charge in [-0.05, 0) is 37.4 Å². The van der Waals surface area contributed by atoms with E-state index in [1.54, 1.807) is 6.20 Å². The van der Waals surface area contributed by atoms with Gasteiger partial charge in [-0.2, -0.15) is 0 Å². The molecule has 1 aromatic rings. The second-order valence-corrected chi connectivity index (χ2v) is 5.75. The van der Waals surface area contributed by atoms with E-state index in [-0.39, 0.29) is 0 Å². The fraction of sp³-hybridized carbons (Fsp3) is 0.643. The molecule has 2 aliphatic heterocycles. The van der Waals surface area contributed by atoms with Crippen LogP contribution in [0, 0.1) is 0 Å². The zero-order chi connectivity index (χ0) is 12.4. The summed E-state index contributed by atoms with van der Waals surface area (Å²) in [6, 6.07) is 3.39. The minimum Gasteiger partial charge on any atom is -0.308 e. The monoisotopic (exact) mass is 265 g/mol. The van der Waals surface area contributed by atoms with Gasteiger partial charge in [0.05, 0.1) is 5.02 Å². The third-order valence-electron chi connectivity index (χ3n) is 4.27. The lowest BCUT2D eigenvalue weighted by Crippen LogP contribution is -2.44. The molecule has 0 aromatic carbocycles. The van der Waals surface area contributed by atoms with Gasteiger partial charge < -0.3 is 5.32 Å². The van der Waals surface area contributed by atoms with Crippen LogP contribution in [0.1, 0.15) is 31.2 Å². The van der Waals surface area contributed by atoms with Gasteiger partial charge in [-0.25, -0.2) is 0 Å². The van der Waals surface area contributed by atoms with E-state index < -0.39 is 0 Å². The van der Waals surface area contributed by atoms with Crippen LogP contribution in [0.2, 0.25) is 5.02 Å². The molecule has 0 bridgehead atoms. The van der Waals surface area contributed by atoms with Gasteiger partial charge in [0, 0.05) is 37.6 Å². The maximum atomic E-state index is 6.13. The first-order valence-corrected chi connectivity index (χ1v) is 7.28. The fourth-order valence-electron chi connectivity index (χ4n) is 3.27. The normalized spacial score (nSPS) is 28.3. The number of halogens is 1. The minimum absolute atomic E-state index is 0.634. The van der Waals surface area contributed by atoms with Crippen molar-refractivity contribution in [2.75, 3.05) is 13.1 Å². The average molecular weight is 266 g/mol. The highest BCUT2D eigenvalue weighted by Crippen LogP contribution is 2.27. The summed E-state index contributed by atoms with van der Waals surface area (Å²) < 4.78 is 0. The first kappa shape index (κ1) is 12.4. The van der Waals surface area contributed by atoms with Crippen molar-refractivity contribution in [1.82, 2.24) is 15.2 Å². The molecule has 1 N–H and O–H groups in total. The summed E-state index contributed by atoms with van der Waals surface area (Å²) in [6.45, 7) is 3.40. The van der Waals surface area contributed by atoms with Crippen molar-refractivity contribution >= 4 is 11.6 Å². The smallest absolute Gasteiger partial charge is 0.0634 e. The summed E-state index contributed by atoms with van der Waals surface area (Å²) in [5, 5.41) is 4.45. The van der Waals surface area contributed by atoms with Crippen molar-refractivity contribution in [3.05, 3.63) is 29.0 Å². The van der Waals surface area contributed by atoms with Crippen molar-refractivity contribution in [2.45, 2.75) is 44.3 Å². The number of hydrogen-bond acceptors (Lipinski definition) is 3. The Kier molecular flexibility index (Phi) is 3.83. The van der Waals surface area contributed by atoms with E-state index in [0.29, 0.717) is 6.04 Å². The van der Waals surface area contributed by atoms with Crippen LogP contribution in [0.4, 0.5) is 0 Å². The molecule has 3 rings (SSSR count). The van der Waals surface area contributed by atoms with Crippen LogP contribution in [0.5, 0.6) is 0 Å². The van der Waals surface area contributed by atoms with Crippen molar-refractivity contribution in [3.63, 3.8) is 0 Å². The van der Waals surface area contributed by atoms with E-state index in [0.717, 1.165) is 23.2 Å². The van der Waals surface area contributed by atoms with Gasteiger partial charge in [0.1, 0.15) is 0 Å². The molecule has 2 fully saturated rings. The van der Waals surface area contributed by atoms with Gasteiger partial charge in [-0.15, -0.1) is 0 Å². The van der Waals surface area contributed by atoms with Gasteiger partial charge in [0.2, 0.25) is 0 Å². The molecule has 0 saturated carbocycles. The van der Waals surface area contributed by atoms with Crippen LogP contribution in [-0.2, 0) is 6.54 Å². The lowest BCUT2D eigenvalue weighted by molar-refractivity contribution is 0.180. The molecular weight excluding hydrogens is 246 g/mol. The Morgan fingerprint density at radius 2 is 2.28 bits per heavy atom. The Balaban J connectivity index is 1.59. The number of hydrogen-bond donors (Lipinski definition) is 1. The molecule has 3 nitrogen and oxygen atoms in total. The first-order valence-electron chi connectivity index (χ1n) is 6.90. The van der Waals surface area contributed by atoms with E-state index in [1.165, 1.54) is 38.8 Å². The van der Waals surface area contributed by atoms with E-state index >= 15 is 0 Å². The molecule has 0 radical (unpaired) electrons. The molecule has 0 amide bonds. The van der Waals surface area contributed by atoms with Crippen LogP contribution in [0.25, 0.3) is 0 Å². The van der Waals surface area contributed by atoms with Gasteiger partial charge in [-0.1, -0.05) is 18.0 Å². The lowest BCUT2D eigenvalue weighted by Gasteiger charge is -2.32. The number of rotatable bonds is 3. The number of pyridine rings is 1. The second kappa shape index (κ2) is 5.55. The summed E-state index contributed by atoms with van der Waals surface area (Å²) >= 11 is 6.13. The zero-order valence-electron chi connectivity index (χ0n) is 10.6. The van der Waals surface area contributed by atoms with E-state index in [1.807, 2.05) is 12.3 Å². The standard InChI is InChI=1S/C14H20ClN3/c15-12-10-16-6-4-11(12)9-17-13-5-8-18-7-2-1-3-14(13)18/h4,6,10,13-14,17H,1-3,5,7-9H2. The molecule has 2 saturated heterocycles. The predicted octanol–water partition coefficient (Wildman–Crippen LogP) is 2.45. The third-order valence-corrected chi connectivity index (χ3v) is 4.61. The summed E-state index contributed by atoms with van der Waals surface area (Å²) in [4.78, 5) is 6.67. The maximum Gasteiger partial charge on any atom is 0.0634 e. The van der Waals surface area contributed by atoms with Gasteiger partial charge in [0.25, 0.3) is 0 Å². The van der Waals surface area contributed by atoms with Crippen LogP contribution < -0.4 is 5.32 Å². The number of nitrogens with zero attached hydrogens (tertiary/aromatic N) is 2. The summed E-state index contributed by atoms with van der Waals surface area (Å²) in [5.41, 5.74) is 1.15. The maximum absolute atomic E-state index is 6.13. The molecule has 3 heterocycles. The molecule has 98 valence electrons. The Morgan fingerprint density at radius 1 is 1.33 bits per heavy atom. The average Bonchev–Trinajstić information content (AvgIpc) is 2.81. The quantitative estimate of drug-likeness (QED) is 0.910. The van der Waals surface area contributed by atoms with Crippen LogP contribution in [-0.4, -0.2) is 35.1 Å². The number of fused-ring (bicyclic) bond motifs is 1. The SMILES string of the molecule is Clc1cnccc1CNC1CCN2CCCCC12. The summed E-state index contributed by atoms with van der Waals surface area (Å²) in [7, 11) is 0. The van der Waals surface area contributed by atoms with Crippen molar-refractivity contribution in [1.29, 1.82) is 0 Å². The van der Waals surface area contributed by atoms with Gasteiger partial charge >= 0.3 is 0 Å². The minimum atomic E-state index is 0.634.